The van der Waals surface area contributed by atoms with Gasteiger partial charge in [0.05, 0.1) is 9.79 Å². The summed E-state index contributed by atoms with van der Waals surface area (Å²) < 4.78 is 59.2. The van der Waals surface area contributed by atoms with Crippen LogP contribution in [0.1, 0.15) is 18.4 Å². The number of halogens is 2. The van der Waals surface area contributed by atoms with Crippen LogP contribution in [0.3, 0.4) is 0 Å². The number of benzene rings is 3. The molecule has 3 aromatic rings. The summed E-state index contributed by atoms with van der Waals surface area (Å²) in [6.07, 6.45) is 1.27. The van der Waals surface area contributed by atoms with E-state index in [4.69, 9.17) is 0 Å². The van der Waals surface area contributed by atoms with Gasteiger partial charge in [0.2, 0.25) is 20.0 Å². The minimum atomic E-state index is -3.83. The molecule has 1 aliphatic heterocycles. The summed E-state index contributed by atoms with van der Waals surface area (Å²) in [5, 5.41) is 0. The molecule has 0 radical (unpaired) electrons. The summed E-state index contributed by atoms with van der Waals surface area (Å²) in [6.45, 7) is 6.82. The molecule has 4 rings (SSSR count). The van der Waals surface area contributed by atoms with Crippen molar-refractivity contribution in [3.63, 3.8) is 0 Å². The van der Waals surface area contributed by atoms with Gasteiger partial charge in [-0.05, 0) is 85.6 Å². The number of sulfonamides is 2. The topological polar surface area (TPSA) is 78.0 Å². The second kappa shape index (κ2) is 13.9. The maximum Gasteiger partial charge on any atom is 0.243 e. The first-order valence-corrected chi connectivity index (χ1v) is 17.5. The maximum atomic E-state index is 13.7. The zero-order valence-corrected chi connectivity index (χ0v) is 26.9. The Balaban J connectivity index is 1.63. The molecule has 0 unspecified atom stereocenters. The molecule has 0 bridgehead atoms. The van der Waals surface area contributed by atoms with Crippen molar-refractivity contribution in [2.75, 3.05) is 39.3 Å². The average Bonchev–Trinajstić information content (AvgIpc) is 2.92. The van der Waals surface area contributed by atoms with Crippen LogP contribution in [-0.2, 0) is 26.6 Å². The second-order valence-corrected chi connectivity index (χ2v) is 15.5. The lowest BCUT2D eigenvalue weighted by molar-refractivity contribution is 0.238. The first-order valence-electron chi connectivity index (χ1n) is 13.0. The second-order valence-electron chi connectivity index (χ2n) is 9.80. The Bertz CT molecular complexity index is 1410. The number of hydrogen-bond donors (Lipinski definition) is 0. The largest absolute Gasteiger partial charge is 0.299 e. The molecule has 0 spiro atoms. The van der Waals surface area contributed by atoms with E-state index in [9.17, 15) is 16.8 Å². The Labute approximate surface area is 254 Å². The van der Waals surface area contributed by atoms with Crippen molar-refractivity contribution in [2.24, 2.45) is 0 Å². The van der Waals surface area contributed by atoms with Crippen LogP contribution in [-0.4, -0.2) is 69.6 Å². The van der Waals surface area contributed by atoms with E-state index in [1.54, 1.807) is 48.5 Å². The predicted octanol–water partition coefficient (Wildman–Crippen LogP) is 5.75. The fourth-order valence-electron chi connectivity index (χ4n) is 4.68. The van der Waals surface area contributed by atoms with Gasteiger partial charge in [-0.3, -0.25) is 4.90 Å². The van der Waals surface area contributed by atoms with Crippen LogP contribution in [0.15, 0.2) is 110 Å². The summed E-state index contributed by atoms with van der Waals surface area (Å²) in [7, 11) is -7.65. The molecule has 0 amide bonds. The van der Waals surface area contributed by atoms with E-state index in [-0.39, 0.29) is 22.9 Å². The fourth-order valence-corrected chi connectivity index (χ4v) is 8.21. The average molecular weight is 712 g/mol. The van der Waals surface area contributed by atoms with E-state index in [2.05, 4.69) is 55.5 Å². The van der Waals surface area contributed by atoms with Gasteiger partial charge in [-0.15, -0.1) is 0 Å². The van der Waals surface area contributed by atoms with Crippen LogP contribution in [0.5, 0.6) is 0 Å². The molecule has 0 N–H and O–H groups in total. The molecule has 1 saturated heterocycles. The van der Waals surface area contributed by atoms with Gasteiger partial charge in [-0.2, -0.15) is 8.61 Å². The fraction of sp³-hybridized carbons (Fsp3) is 0.310. The molecule has 214 valence electrons. The van der Waals surface area contributed by atoms with Crippen LogP contribution in [0.4, 0.5) is 0 Å². The third-order valence-electron chi connectivity index (χ3n) is 6.72. The van der Waals surface area contributed by atoms with E-state index < -0.39 is 20.0 Å². The molecule has 1 fully saturated rings. The third kappa shape index (κ3) is 8.12. The van der Waals surface area contributed by atoms with Crippen molar-refractivity contribution in [1.29, 1.82) is 0 Å². The molecule has 1 aliphatic rings. The van der Waals surface area contributed by atoms with E-state index in [0.29, 0.717) is 51.1 Å². The zero-order chi connectivity index (χ0) is 28.8. The molecular weight excluding hydrogens is 678 g/mol. The lowest BCUT2D eigenvalue weighted by Crippen LogP contribution is -2.41. The van der Waals surface area contributed by atoms with Gasteiger partial charge in [0.15, 0.2) is 0 Å². The lowest BCUT2D eigenvalue weighted by Gasteiger charge is -2.30. The minimum absolute atomic E-state index is 0.0312. The van der Waals surface area contributed by atoms with Crippen LogP contribution in [0.25, 0.3) is 0 Å². The number of rotatable bonds is 6. The molecule has 11 heteroatoms. The summed E-state index contributed by atoms with van der Waals surface area (Å²) in [6, 6.07) is 23.2. The highest BCUT2D eigenvalue weighted by atomic mass is 79.9. The quantitative estimate of drug-likeness (QED) is 0.305. The number of nitrogens with zero attached hydrogens (tertiary/aromatic N) is 3. The Morgan fingerprint density at radius 2 is 1.05 bits per heavy atom. The molecule has 0 atom stereocenters. The maximum absolute atomic E-state index is 13.7. The Morgan fingerprint density at radius 1 is 0.625 bits per heavy atom. The number of hydrogen-bond acceptors (Lipinski definition) is 5. The minimum Gasteiger partial charge on any atom is -0.299 e. The van der Waals surface area contributed by atoms with Crippen molar-refractivity contribution < 1.29 is 16.8 Å². The van der Waals surface area contributed by atoms with Gasteiger partial charge < -0.3 is 0 Å². The molecule has 0 aromatic heterocycles. The normalized spacial score (nSPS) is 17.7. The van der Waals surface area contributed by atoms with Crippen LogP contribution < -0.4 is 0 Å². The van der Waals surface area contributed by atoms with Gasteiger partial charge in [-0.1, -0.05) is 68.8 Å². The van der Waals surface area contributed by atoms with E-state index >= 15 is 0 Å². The highest BCUT2D eigenvalue weighted by Gasteiger charge is 2.29. The van der Waals surface area contributed by atoms with Crippen LogP contribution in [0, 0.1) is 0 Å². The van der Waals surface area contributed by atoms with Gasteiger partial charge in [0.25, 0.3) is 0 Å². The summed E-state index contributed by atoms with van der Waals surface area (Å²) in [5.41, 5.74) is 1.67. The van der Waals surface area contributed by atoms with Gasteiger partial charge in [0, 0.05) is 41.7 Å². The van der Waals surface area contributed by atoms with Gasteiger partial charge in [-0.25, -0.2) is 16.8 Å². The van der Waals surface area contributed by atoms with E-state index in [0.717, 1.165) is 14.5 Å². The smallest absolute Gasteiger partial charge is 0.243 e. The molecular formula is C29H33Br2N3O4S2. The predicted molar refractivity (Wildman–Crippen MR) is 166 cm³/mol. The standard InChI is InChI=1S/C29H33Br2N3O4S2/c1-24-21-33(39(35,36)28-13-9-26(30)10-14-28)19-5-17-32(23-25-7-3-2-4-8-25)18-6-20-34(22-24)40(37,38)29-15-11-27(31)12-16-29/h2-4,7-16H,1,5-6,17-23H2. The van der Waals surface area contributed by atoms with Crippen molar-refractivity contribution in [3.05, 3.63) is 106 Å². The Kier molecular flexibility index (Phi) is 10.8. The Morgan fingerprint density at radius 3 is 1.48 bits per heavy atom. The van der Waals surface area contributed by atoms with Crippen molar-refractivity contribution in [1.82, 2.24) is 13.5 Å². The summed E-state index contributed by atoms with van der Waals surface area (Å²) in [5.74, 6) is 0. The SMILES string of the molecule is C=C1CN(S(=O)(=O)c2ccc(Br)cc2)CCCN(Cc2ccccc2)CCCN(S(=O)(=O)c2ccc(Br)cc2)C1. The molecule has 40 heavy (non-hydrogen) atoms. The molecule has 3 aromatic carbocycles. The molecule has 7 nitrogen and oxygen atoms in total. The molecule has 0 aliphatic carbocycles. The summed E-state index contributed by atoms with van der Waals surface area (Å²) in [4.78, 5) is 2.65. The van der Waals surface area contributed by atoms with Crippen LogP contribution in [0.2, 0.25) is 0 Å². The Hall–Kier alpha value is -1.86. The van der Waals surface area contributed by atoms with Crippen molar-refractivity contribution >= 4 is 51.9 Å². The summed E-state index contributed by atoms with van der Waals surface area (Å²) >= 11 is 6.73. The van der Waals surface area contributed by atoms with Gasteiger partial charge >= 0.3 is 0 Å². The van der Waals surface area contributed by atoms with Crippen molar-refractivity contribution in [3.8, 4) is 0 Å². The van der Waals surface area contributed by atoms with Gasteiger partial charge in [0.1, 0.15) is 0 Å². The van der Waals surface area contributed by atoms with E-state index in [1.807, 2.05) is 18.2 Å². The highest BCUT2D eigenvalue weighted by Crippen LogP contribution is 2.24. The van der Waals surface area contributed by atoms with E-state index in [1.165, 1.54) is 8.61 Å². The zero-order valence-electron chi connectivity index (χ0n) is 22.1. The highest BCUT2D eigenvalue weighted by molar-refractivity contribution is 9.10. The van der Waals surface area contributed by atoms with Crippen molar-refractivity contribution in [2.45, 2.75) is 29.2 Å². The first kappa shape index (κ1) is 31.1. The molecule has 1 heterocycles. The molecule has 0 saturated carbocycles. The van der Waals surface area contributed by atoms with Crippen LogP contribution >= 0.6 is 31.9 Å². The first-order chi connectivity index (χ1) is 19.1. The monoisotopic (exact) mass is 709 g/mol. The third-order valence-corrected chi connectivity index (χ3v) is 11.5. The lowest BCUT2D eigenvalue weighted by atomic mass is 10.2.